The summed E-state index contributed by atoms with van der Waals surface area (Å²) >= 11 is 3.59. The van der Waals surface area contributed by atoms with Crippen molar-refractivity contribution in [1.29, 1.82) is 0 Å². The van der Waals surface area contributed by atoms with Crippen LogP contribution >= 0.6 is 23.5 Å². The predicted molar refractivity (Wildman–Crippen MR) is 41.7 cm³/mol. The Hall–Kier alpha value is 0.0800. The first kappa shape index (κ1) is 7.19. The molecule has 1 unspecified atom stereocenters. The van der Waals surface area contributed by atoms with Gasteiger partial charge in [-0.05, 0) is 0 Å². The molecule has 1 aliphatic heterocycles. The van der Waals surface area contributed by atoms with Crippen LogP contribution in [0.15, 0.2) is 4.99 Å². The number of nitrogens with zero attached hydrogens (tertiary/aromatic N) is 1. The number of aliphatic imine (C=N–C) groups is 1. The quantitative estimate of drug-likeness (QED) is 0.426. The highest BCUT2D eigenvalue weighted by Gasteiger charge is 2.11. The zero-order valence-corrected chi connectivity index (χ0v) is 6.50. The van der Waals surface area contributed by atoms with Gasteiger partial charge in [0.05, 0.1) is 0 Å². The summed E-state index contributed by atoms with van der Waals surface area (Å²) in [6.07, 6.45) is 1.58. The second-order valence-electron chi connectivity index (χ2n) is 1.62. The zero-order chi connectivity index (χ0) is 6.53. The minimum atomic E-state index is 0.182. The molecule has 4 heteroatoms. The maximum Gasteiger partial charge on any atom is 0.236 e. The molecule has 0 bridgehead atoms. The van der Waals surface area contributed by atoms with Crippen LogP contribution in [-0.4, -0.2) is 28.7 Å². The van der Waals surface area contributed by atoms with E-state index in [9.17, 15) is 4.79 Å². The second kappa shape index (κ2) is 3.99. The summed E-state index contributed by atoms with van der Waals surface area (Å²) in [7, 11) is 0. The molecule has 0 aliphatic carbocycles. The third-order valence-electron chi connectivity index (χ3n) is 0.995. The molecule has 9 heavy (non-hydrogen) atoms. The Morgan fingerprint density at radius 1 is 1.56 bits per heavy atom. The molecule has 0 aromatic rings. The monoisotopic (exact) mass is 161 g/mol. The first-order valence-corrected chi connectivity index (χ1v) is 4.90. The Balaban J connectivity index is 2.31. The molecule has 0 aromatic carbocycles. The summed E-state index contributed by atoms with van der Waals surface area (Å²) in [5.41, 5.74) is 0. The fraction of sp³-hybridized carbons (Fsp3) is 0.800. The van der Waals surface area contributed by atoms with Gasteiger partial charge < -0.3 is 0 Å². The van der Waals surface area contributed by atoms with E-state index in [2.05, 4.69) is 4.99 Å². The average Bonchev–Trinajstić information content (AvgIpc) is 1.91. The molecule has 0 saturated carbocycles. The van der Waals surface area contributed by atoms with E-state index in [0.717, 1.165) is 11.5 Å². The molecule has 1 heterocycles. The van der Waals surface area contributed by atoms with E-state index in [-0.39, 0.29) is 5.37 Å². The van der Waals surface area contributed by atoms with Gasteiger partial charge in [0.2, 0.25) is 6.08 Å². The van der Waals surface area contributed by atoms with Crippen molar-refractivity contribution in [3.8, 4) is 0 Å². The van der Waals surface area contributed by atoms with Gasteiger partial charge in [0.25, 0.3) is 0 Å². The molecular weight excluding hydrogens is 154 g/mol. The lowest BCUT2D eigenvalue weighted by Crippen LogP contribution is -2.10. The highest BCUT2D eigenvalue weighted by Crippen LogP contribution is 2.23. The predicted octanol–water partition coefficient (Wildman–Crippen LogP) is 1.13. The van der Waals surface area contributed by atoms with E-state index in [4.69, 9.17) is 0 Å². The van der Waals surface area contributed by atoms with Gasteiger partial charge in [-0.2, -0.15) is 16.8 Å². The summed E-state index contributed by atoms with van der Waals surface area (Å²) in [4.78, 5) is 13.4. The van der Waals surface area contributed by atoms with Gasteiger partial charge in [0.1, 0.15) is 5.37 Å². The van der Waals surface area contributed by atoms with Crippen molar-refractivity contribution in [3.63, 3.8) is 0 Å². The largest absolute Gasteiger partial charge is 0.236 e. The number of hydrogen-bond acceptors (Lipinski definition) is 4. The summed E-state index contributed by atoms with van der Waals surface area (Å²) < 4.78 is 0. The van der Waals surface area contributed by atoms with E-state index >= 15 is 0 Å². The van der Waals surface area contributed by atoms with Crippen LogP contribution in [0.5, 0.6) is 0 Å². The van der Waals surface area contributed by atoms with Crippen molar-refractivity contribution in [3.05, 3.63) is 0 Å². The van der Waals surface area contributed by atoms with Crippen LogP contribution in [0.25, 0.3) is 0 Å². The Labute approximate surface area is 62.5 Å². The summed E-state index contributed by atoms with van der Waals surface area (Å²) in [6, 6.07) is 0. The van der Waals surface area contributed by atoms with Gasteiger partial charge in [-0.15, -0.1) is 11.8 Å². The molecule has 0 N–H and O–H groups in total. The molecule has 1 aliphatic rings. The normalized spacial score (nSPS) is 26.9. The third kappa shape index (κ3) is 2.43. The summed E-state index contributed by atoms with van der Waals surface area (Å²) in [5, 5.41) is 0.182. The lowest BCUT2D eigenvalue weighted by atomic mass is 10.8. The molecule has 1 fully saturated rings. The molecule has 0 amide bonds. The number of carbonyl (C=O) groups excluding carboxylic acids is 1. The Morgan fingerprint density at radius 2 is 2.44 bits per heavy atom. The number of isocyanates is 1. The van der Waals surface area contributed by atoms with Crippen LogP contribution < -0.4 is 0 Å². The van der Waals surface area contributed by atoms with Gasteiger partial charge in [0.15, 0.2) is 0 Å². The fourth-order valence-electron chi connectivity index (χ4n) is 0.609. The van der Waals surface area contributed by atoms with Crippen LogP contribution in [-0.2, 0) is 4.79 Å². The van der Waals surface area contributed by atoms with E-state index in [1.54, 1.807) is 17.8 Å². The second-order valence-corrected chi connectivity index (χ2v) is 4.06. The van der Waals surface area contributed by atoms with Gasteiger partial charge in [-0.1, -0.05) is 0 Å². The SMILES string of the molecule is O=C=NC1CSCCS1. The van der Waals surface area contributed by atoms with Crippen LogP contribution in [0.3, 0.4) is 0 Å². The highest BCUT2D eigenvalue weighted by atomic mass is 32.2. The Morgan fingerprint density at radius 3 is 3.00 bits per heavy atom. The smallest absolute Gasteiger partial charge is 0.211 e. The molecule has 1 rings (SSSR count). The maximum atomic E-state index is 9.76. The van der Waals surface area contributed by atoms with E-state index in [1.807, 2.05) is 11.8 Å². The van der Waals surface area contributed by atoms with Crippen LogP contribution in [0.1, 0.15) is 0 Å². The third-order valence-corrected chi connectivity index (χ3v) is 3.61. The van der Waals surface area contributed by atoms with E-state index in [1.165, 1.54) is 5.75 Å². The van der Waals surface area contributed by atoms with Gasteiger partial charge >= 0.3 is 0 Å². The topological polar surface area (TPSA) is 29.4 Å². The van der Waals surface area contributed by atoms with Crippen molar-refractivity contribution < 1.29 is 4.79 Å². The van der Waals surface area contributed by atoms with Gasteiger partial charge in [-0.25, -0.2) is 4.79 Å². The summed E-state index contributed by atoms with van der Waals surface area (Å²) in [5.74, 6) is 3.27. The van der Waals surface area contributed by atoms with Crippen molar-refractivity contribution in [1.82, 2.24) is 0 Å². The molecular formula is C5H7NOS2. The van der Waals surface area contributed by atoms with Crippen molar-refractivity contribution in [2.24, 2.45) is 4.99 Å². The van der Waals surface area contributed by atoms with Crippen LogP contribution in [0, 0.1) is 0 Å². The molecule has 1 atom stereocenters. The molecule has 50 valence electrons. The van der Waals surface area contributed by atoms with E-state index in [0.29, 0.717) is 0 Å². The summed E-state index contributed by atoms with van der Waals surface area (Å²) in [6.45, 7) is 0. The van der Waals surface area contributed by atoms with Crippen LogP contribution in [0.4, 0.5) is 0 Å². The van der Waals surface area contributed by atoms with Gasteiger partial charge in [-0.3, -0.25) is 0 Å². The Bertz CT molecular complexity index is 127. The molecule has 0 aromatic heterocycles. The molecule has 2 nitrogen and oxygen atoms in total. The molecule has 0 spiro atoms. The highest BCUT2D eigenvalue weighted by molar-refractivity contribution is 8.06. The average molecular weight is 161 g/mol. The first-order valence-electron chi connectivity index (χ1n) is 2.70. The van der Waals surface area contributed by atoms with Crippen molar-refractivity contribution >= 4 is 29.6 Å². The number of rotatable bonds is 1. The standard InChI is InChI=1S/C5H7NOS2/c7-4-6-5-3-8-1-2-9-5/h5H,1-3H2. The number of thioether (sulfide) groups is 2. The minimum Gasteiger partial charge on any atom is -0.211 e. The minimum absolute atomic E-state index is 0.182. The zero-order valence-electron chi connectivity index (χ0n) is 4.87. The van der Waals surface area contributed by atoms with Gasteiger partial charge in [0, 0.05) is 17.3 Å². The first-order chi connectivity index (χ1) is 4.43. The number of hydrogen-bond donors (Lipinski definition) is 0. The molecule has 1 saturated heterocycles. The fourth-order valence-corrected chi connectivity index (χ4v) is 2.97. The Kier molecular flexibility index (Phi) is 3.18. The molecule has 0 radical (unpaired) electrons. The lowest BCUT2D eigenvalue weighted by molar-refractivity contribution is 0.563. The lowest BCUT2D eigenvalue weighted by Gasteiger charge is -2.14. The van der Waals surface area contributed by atoms with Crippen LogP contribution in [0.2, 0.25) is 0 Å². The maximum absolute atomic E-state index is 9.76. The van der Waals surface area contributed by atoms with E-state index < -0.39 is 0 Å². The van der Waals surface area contributed by atoms with Crippen molar-refractivity contribution in [2.75, 3.05) is 17.3 Å². The van der Waals surface area contributed by atoms with Crippen molar-refractivity contribution in [2.45, 2.75) is 5.37 Å².